The standard InChI is InChI=1S/C15H25N/c1-11-7-6-8-12(2)14(11)9-13(16)10-15(3,4)5/h6-8,13H,9-10,16H2,1-5H3. The van der Waals surface area contributed by atoms with Crippen molar-refractivity contribution in [1.29, 1.82) is 0 Å². The minimum absolute atomic E-state index is 0.264. The number of hydrogen-bond acceptors (Lipinski definition) is 1. The number of hydrogen-bond donors (Lipinski definition) is 1. The third kappa shape index (κ3) is 3.97. The fourth-order valence-corrected chi connectivity index (χ4v) is 2.29. The molecule has 0 spiro atoms. The maximum absolute atomic E-state index is 6.23. The molecular formula is C15H25N. The lowest BCUT2D eigenvalue weighted by molar-refractivity contribution is 0.338. The first kappa shape index (κ1) is 13.2. The Morgan fingerprint density at radius 1 is 1.12 bits per heavy atom. The molecule has 2 N–H and O–H groups in total. The molecule has 0 aliphatic heterocycles. The normalized spacial score (nSPS) is 13.9. The average Bonchev–Trinajstić information content (AvgIpc) is 2.08. The van der Waals surface area contributed by atoms with Crippen LogP contribution in [0, 0.1) is 19.3 Å². The van der Waals surface area contributed by atoms with Gasteiger partial charge in [-0.05, 0) is 48.8 Å². The van der Waals surface area contributed by atoms with E-state index >= 15 is 0 Å². The summed E-state index contributed by atoms with van der Waals surface area (Å²) in [5, 5.41) is 0. The second-order valence-corrected chi connectivity index (χ2v) is 6.10. The van der Waals surface area contributed by atoms with Gasteiger partial charge in [-0.15, -0.1) is 0 Å². The summed E-state index contributed by atoms with van der Waals surface area (Å²) in [7, 11) is 0. The maximum Gasteiger partial charge on any atom is 0.00845 e. The SMILES string of the molecule is Cc1cccc(C)c1CC(N)CC(C)(C)C. The molecule has 1 heteroatoms. The first-order chi connectivity index (χ1) is 7.29. The Kier molecular flexibility index (Phi) is 4.15. The molecule has 0 aromatic heterocycles. The Bertz CT molecular complexity index is 327. The van der Waals surface area contributed by atoms with Crippen LogP contribution in [0.15, 0.2) is 18.2 Å². The van der Waals surface area contributed by atoms with Crippen LogP contribution in [0.3, 0.4) is 0 Å². The lowest BCUT2D eigenvalue weighted by atomic mass is 9.85. The highest BCUT2D eigenvalue weighted by Crippen LogP contribution is 2.23. The summed E-state index contributed by atoms with van der Waals surface area (Å²) in [6.45, 7) is 11.1. The monoisotopic (exact) mass is 219 g/mol. The zero-order valence-corrected chi connectivity index (χ0v) is 11.3. The fraction of sp³-hybridized carbons (Fsp3) is 0.600. The summed E-state index contributed by atoms with van der Waals surface area (Å²) in [5.41, 5.74) is 10.7. The van der Waals surface area contributed by atoms with Gasteiger partial charge in [0.2, 0.25) is 0 Å². The van der Waals surface area contributed by atoms with Crippen molar-refractivity contribution in [3.8, 4) is 0 Å². The van der Waals surface area contributed by atoms with Gasteiger partial charge in [-0.2, -0.15) is 0 Å². The van der Waals surface area contributed by atoms with Crippen LogP contribution in [0.2, 0.25) is 0 Å². The largest absolute Gasteiger partial charge is 0.327 e. The summed E-state index contributed by atoms with van der Waals surface area (Å²) in [5.74, 6) is 0. The summed E-state index contributed by atoms with van der Waals surface area (Å²) < 4.78 is 0. The van der Waals surface area contributed by atoms with Gasteiger partial charge in [-0.3, -0.25) is 0 Å². The van der Waals surface area contributed by atoms with Crippen LogP contribution in [-0.4, -0.2) is 6.04 Å². The van der Waals surface area contributed by atoms with Gasteiger partial charge in [0.15, 0.2) is 0 Å². The Morgan fingerprint density at radius 3 is 2.06 bits per heavy atom. The van der Waals surface area contributed by atoms with Crippen molar-refractivity contribution in [3.63, 3.8) is 0 Å². The van der Waals surface area contributed by atoms with Crippen molar-refractivity contribution in [2.24, 2.45) is 11.1 Å². The molecule has 1 aromatic carbocycles. The molecule has 0 aliphatic rings. The van der Waals surface area contributed by atoms with Gasteiger partial charge < -0.3 is 5.73 Å². The van der Waals surface area contributed by atoms with Crippen LogP contribution < -0.4 is 5.73 Å². The predicted octanol–water partition coefficient (Wildman–Crippen LogP) is 3.61. The quantitative estimate of drug-likeness (QED) is 0.825. The Balaban J connectivity index is 2.73. The summed E-state index contributed by atoms with van der Waals surface area (Å²) in [6.07, 6.45) is 2.07. The van der Waals surface area contributed by atoms with Crippen LogP contribution in [0.4, 0.5) is 0 Å². The van der Waals surface area contributed by atoms with Crippen molar-refractivity contribution < 1.29 is 0 Å². The molecule has 16 heavy (non-hydrogen) atoms. The molecule has 0 bridgehead atoms. The van der Waals surface area contributed by atoms with Crippen LogP contribution in [0.1, 0.15) is 43.9 Å². The second-order valence-electron chi connectivity index (χ2n) is 6.10. The molecule has 90 valence electrons. The van der Waals surface area contributed by atoms with Gasteiger partial charge in [0.25, 0.3) is 0 Å². The highest BCUT2D eigenvalue weighted by atomic mass is 14.6. The molecule has 0 saturated heterocycles. The van der Waals surface area contributed by atoms with Crippen molar-refractivity contribution in [2.75, 3.05) is 0 Å². The van der Waals surface area contributed by atoms with E-state index in [2.05, 4.69) is 52.8 Å². The van der Waals surface area contributed by atoms with Gasteiger partial charge in [0.1, 0.15) is 0 Å². The van der Waals surface area contributed by atoms with Crippen LogP contribution in [0.25, 0.3) is 0 Å². The topological polar surface area (TPSA) is 26.0 Å². The number of benzene rings is 1. The molecule has 1 nitrogen and oxygen atoms in total. The van der Waals surface area contributed by atoms with E-state index in [1.807, 2.05) is 0 Å². The zero-order valence-electron chi connectivity index (χ0n) is 11.3. The average molecular weight is 219 g/mol. The second kappa shape index (κ2) is 5.01. The lowest BCUT2D eigenvalue weighted by Crippen LogP contribution is -2.29. The number of aryl methyl sites for hydroxylation is 2. The smallest absolute Gasteiger partial charge is 0.00845 e. The first-order valence-corrected chi connectivity index (χ1v) is 6.10. The van der Waals surface area contributed by atoms with E-state index in [9.17, 15) is 0 Å². The number of rotatable bonds is 3. The van der Waals surface area contributed by atoms with Gasteiger partial charge in [0, 0.05) is 6.04 Å². The van der Waals surface area contributed by atoms with Gasteiger partial charge in [0.05, 0.1) is 0 Å². The Hall–Kier alpha value is -0.820. The number of nitrogens with two attached hydrogens (primary N) is 1. The van der Waals surface area contributed by atoms with Crippen molar-refractivity contribution >= 4 is 0 Å². The summed E-state index contributed by atoms with van der Waals surface area (Å²) in [4.78, 5) is 0. The van der Waals surface area contributed by atoms with E-state index in [4.69, 9.17) is 5.73 Å². The molecule has 0 amide bonds. The minimum atomic E-state index is 0.264. The predicted molar refractivity (Wildman–Crippen MR) is 71.7 cm³/mol. The highest BCUT2D eigenvalue weighted by molar-refractivity contribution is 5.34. The Morgan fingerprint density at radius 2 is 1.62 bits per heavy atom. The van der Waals surface area contributed by atoms with E-state index in [-0.39, 0.29) is 6.04 Å². The molecule has 0 fully saturated rings. The van der Waals surface area contributed by atoms with Gasteiger partial charge in [-0.1, -0.05) is 39.0 Å². The van der Waals surface area contributed by atoms with Crippen molar-refractivity contribution in [1.82, 2.24) is 0 Å². The van der Waals surface area contributed by atoms with Crippen LogP contribution >= 0.6 is 0 Å². The first-order valence-electron chi connectivity index (χ1n) is 6.10. The molecular weight excluding hydrogens is 194 g/mol. The summed E-state index contributed by atoms with van der Waals surface area (Å²) in [6, 6.07) is 6.72. The Labute approximate surface area is 100 Å². The third-order valence-electron chi connectivity index (χ3n) is 2.99. The molecule has 0 aliphatic carbocycles. The molecule has 1 aromatic rings. The van der Waals surface area contributed by atoms with E-state index in [1.165, 1.54) is 16.7 Å². The molecule has 0 saturated carbocycles. The van der Waals surface area contributed by atoms with Crippen LogP contribution in [0.5, 0.6) is 0 Å². The third-order valence-corrected chi connectivity index (χ3v) is 2.99. The molecule has 1 atom stereocenters. The molecule has 1 rings (SSSR count). The zero-order chi connectivity index (χ0) is 12.3. The van der Waals surface area contributed by atoms with Crippen molar-refractivity contribution in [2.45, 2.75) is 53.5 Å². The van der Waals surface area contributed by atoms with Gasteiger partial charge >= 0.3 is 0 Å². The lowest BCUT2D eigenvalue weighted by Gasteiger charge is -2.24. The highest BCUT2D eigenvalue weighted by Gasteiger charge is 2.17. The molecule has 0 radical (unpaired) electrons. The van der Waals surface area contributed by atoms with Crippen LogP contribution in [-0.2, 0) is 6.42 Å². The summed E-state index contributed by atoms with van der Waals surface area (Å²) >= 11 is 0. The van der Waals surface area contributed by atoms with E-state index in [1.54, 1.807) is 0 Å². The van der Waals surface area contributed by atoms with E-state index in [0.717, 1.165) is 12.8 Å². The maximum atomic E-state index is 6.23. The van der Waals surface area contributed by atoms with E-state index < -0.39 is 0 Å². The van der Waals surface area contributed by atoms with E-state index in [0.29, 0.717) is 5.41 Å². The van der Waals surface area contributed by atoms with Gasteiger partial charge in [-0.25, -0.2) is 0 Å². The fourth-order valence-electron chi connectivity index (χ4n) is 2.29. The molecule has 1 unspecified atom stereocenters. The van der Waals surface area contributed by atoms with Crippen molar-refractivity contribution in [3.05, 3.63) is 34.9 Å². The minimum Gasteiger partial charge on any atom is -0.327 e. The molecule has 0 heterocycles.